The Kier molecular flexibility index (Phi) is 5.01. The van der Waals surface area contributed by atoms with Gasteiger partial charge in [-0.2, -0.15) is 4.98 Å². The van der Waals surface area contributed by atoms with Gasteiger partial charge in [-0.05, 0) is 43.9 Å². The fourth-order valence-electron chi connectivity index (χ4n) is 3.23. The molecule has 28 heavy (non-hydrogen) atoms. The average molecular weight is 380 g/mol. The number of halogens is 1. The van der Waals surface area contributed by atoms with E-state index in [1.807, 2.05) is 6.92 Å². The molecule has 0 aliphatic carbocycles. The molecule has 1 N–H and O–H groups in total. The number of aryl methyl sites for hydroxylation is 1. The molecule has 1 aromatic carbocycles. The highest BCUT2D eigenvalue weighted by Crippen LogP contribution is 2.21. The number of benzene rings is 1. The summed E-state index contributed by atoms with van der Waals surface area (Å²) in [5.74, 6) is 0.272. The first kappa shape index (κ1) is 18.1. The van der Waals surface area contributed by atoms with Crippen LogP contribution in [-0.4, -0.2) is 38.5 Å². The molecule has 4 rings (SSSR count). The Bertz CT molecular complexity index is 982. The van der Waals surface area contributed by atoms with E-state index in [-0.39, 0.29) is 5.69 Å². The van der Waals surface area contributed by atoms with Crippen LogP contribution >= 0.6 is 0 Å². The van der Waals surface area contributed by atoms with Gasteiger partial charge in [0.25, 0.3) is 5.91 Å². The summed E-state index contributed by atoms with van der Waals surface area (Å²) in [6.45, 7) is 3.60. The first-order valence-electron chi connectivity index (χ1n) is 9.30. The minimum absolute atomic E-state index is 0.225. The van der Waals surface area contributed by atoms with Crippen LogP contribution in [0.1, 0.15) is 35.3 Å². The molecular weight excluding hydrogens is 359 g/mol. The van der Waals surface area contributed by atoms with Crippen molar-refractivity contribution in [2.45, 2.75) is 26.2 Å². The van der Waals surface area contributed by atoms with Gasteiger partial charge < -0.3 is 10.2 Å². The zero-order valence-corrected chi connectivity index (χ0v) is 15.6. The monoisotopic (exact) mass is 380 g/mol. The van der Waals surface area contributed by atoms with Gasteiger partial charge in [-0.3, -0.25) is 9.36 Å². The number of rotatable bonds is 4. The molecule has 144 valence electrons. The summed E-state index contributed by atoms with van der Waals surface area (Å²) >= 11 is 0. The van der Waals surface area contributed by atoms with Crippen molar-refractivity contribution in [1.29, 1.82) is 0 Å². The normalized spacial score (nSPS) is 14.1. The van der Waals surface area contributed by atoms with Crippen LogP contribution in [0.3, 0.4) is 0 Å². The van der Waals surface area contributed by atoms with Gasteiger partial charge in [0, 0.05) is 37.2 Å². The van der Waals surface area contributed by atoms with Crippen molar-refractivity contribution < 1.29 is 9.18 Å². The van der Waals surface area contributed by atoms with Crippen molar-refractivity contribution in [3.05, 3.63) is 60.1 Å². The fraction of sp³-hybridized carbons (Fsp3) is 0.300. The molecule has 1 aliphatic heterocycles. The summed E-state index contributed by atoms with van der Waals surface area (Å²) in [4.78, 5) is 28.1. The second-order valence-corrected chi connectivity index (χ2v) is 6.84. The number of anilines is 2. The predicted octanol–water partition coefficient (Wildman–Crippen LogP) is 3.35. The van der Waals surface area contributed by atoms with Gasteiger partial charge in [0.1, 0.15) is 23.7 Å². The number of hydrogen-bond acceptors (Lipinski definition) is 5. The fourth-order valence-corrected chi connectivity index (χ4v) is 3.23. The van der Waals surface area contributed by atoms with Gasteiger partial charge in [0.2, 0.25) is 5.95 Å². The third-order valence-corrected chi connectivity index (χ3v) is 4.80. The molecule has 0 atom stereocenters. The highest BCUT2D eigenvalue weighted by atomic mass is 19.1. The standard InChI is InChI=1S/C20H21FN6O/c1-14-5-6-15(21)11-16(14)23-19(28)17-12-18(26-8-3-2-4-9-26)25-20(24-17)27-10-7-22-13-27/h5-7,10-13H,2-4,8-9H2,1H3,(H,23,28). The van der Waals surface area contributed by atoms with E-state index in [0.29, 0.717) is 17.5 Å². The maximum absolute atomic E-state index is 13.6. The van der Waals surface area contributed by atoms with Gasteiger partial charge in [-0.15, -0.1) is 0 Å². The summed E-state index contributed by atoms with van der Waals surface area (Å²) in [6, 6.07) is 5.98. The van der Waals surface area contributed by atoms with Crippen LogP contribution in [0.4, 0.5) is 15.9 Å². The van der Waals surface area contributed by atoms with Crippen molar-refractivity contribution in [2.24, 2.45) is 0 Å². The van der Waals surface area contributed by atoms with Crippen molar-refractivity contribution in [1.82, 2.24) is 19.5 Å². The van der Waals surface area contributed by atoms with Gasteiger partial charge in [-0.25, -0.2) is 14.4 Å². The van der Waals surface area contributed by atoms with Gasteiger partial charge in [0.05, 0.1) is 0 Å². The van der Waals surface area contributed by atoms with E-state index >= 15 is 0 Å². The third-order valence-electron chi connectivity index (χ3n) is 4.80. The summed E-state index contributed by atoms with van der Waals surface area (Å²) in [7, 11) is 0. The molecule has 0 saturated carbocycles. The van der Waals surface area contributed by atoms with Crippen LogP contribution in [0.25, 0.3) is 5.95 Å². The second-order valence-electron chi connectivity index (χ2n) is 6.84. The van der Waals surface area contributed by atoms with E-state index in [4.69, 9.17) is 0 Å². The molecule has 7 nitrogen and oxygen atoms in total. The van der Waals surface area contributed by atoms with Crippen molar-refractivity contribution in [2.75, 3.05) is 23.3 Å². The summed E-state index contributed by atoms with van der Waals surface area (Å²) < 4.78 is 15.2. The van der Waals surface area contributed by atoms with Crippen molar-refractivity contribution >= 4 is 17.4 Å². The number of carbonyl (C=O) groups excluding carboxylic acids is 1. The van der Waals surface area contributed by atoms with Gasteiger partial charge in [0.15, 0.2) is 0 Å². The number of amides is 1. The minimum Gasteiger partial charge on any atom is -0.356 e. The first-order chi connectivity index (χ1) is 13.6. The lowest BCUT2D eigenvalue weighted by Crippen LogP contribution is -2.31. The topological polar surface area (TPSA) is 75.9 Å². The van der Waals surface area contributed by atoms with Crippen LogP contribution in [-0.2, 0) is 0 Å². The number of piperidine rings is 1. The number of hydrogen-bond donors (Lipinski definition) is 1. The number of carbonyl (C=O) groups is 1. The largest absolute Gasteiger partial charge is 0.356 e. The van der Waals surface area contributed by atoms with Crippen LogP contribution in [0.2, 0.25) is 0 Å². The molecule has 3 heterocycles. The van der Waals surface area contributed by atoms with Gasteiger partial charge >= 0.3 is 0 Å². The summed E-state index contributed by atoms with van der Waals surface area (Å²) in [5, 5.41) is 2.76. The highest BCUT2D eigenvalue weighted by molar-refractivity contribution is 6.03. The smallest absolute Gasteiger partial charge is 0.274 e. The van der Waals surface area contributed by atoms with E-state index in [0.717, 1.165) is 31.5 Å². The number of nitrogens with zero attached hydrogens (tertiary/aromatic N) is 5. The minimum atomic E-state index is -0.407. The molecule has 0 bridgehead atoms. The zero-order valence-electron chi connectivity index (χ0n) is 15.6. The summed E-state index contributed by atoms with van der Waals surface area (Å²) in [6.07, 6.45) is 8.33. The van der Waals surface area contributed by atoms with Crippen molar-refractivity contribution in [3.63, 3.8) is 0 Å². The average Bonchev–Trinajstić information content (AvgIpc) is 3.26. The van der Waals surface area contributed by atoms with E-state index in [2.05, 4.69) is 25.2 Å². The Morgan fingerprint density at radius 1 is 1.14 bits per heavy atom. The van der Waals surface area contributed by atoms with E-state index in [9.17, 15) is 9.18 Å². The lowest BCUT2D eigenvalue weighted by Gasteiger charge is -2.28. The lowest BCUT2D eigenvalue weighted by molar-refractivity contribution is 0.102. The Labute approximate surface area is 162 Å². The maximum Gasteiger partial charge on any atom is 0.274 e. The third kappa shape index (κ3) is 3.85. The predicted molar refractivity (Wildman–Crippen MR) is 104 cm³/mol. The Morgan fingerprint density at radius 3 is 2.71 bits per heavy atom. The molecule has 1 saturated heterocycles. The van der Waals surface area contributed by atoms with Crippen LogP contribution in [0.5, 0.6) is 0 Å². The van der Waals surface area contributed by atoms with E-state index in [1.54, 1.807) is 35.4 Å². The summed E-state index contributed by atoms with van der Waals surface area (Å²) in [5.41, 5.74) is 1.42. The van der Waals surface area contributed by atoms with Crippen molar-refractivity contribution in [3.8, 4) is 5.95 Å². The zero-order chi connectivity index (χ0) is 19.5. The van der Waals surface area contributed by atoms with Crippen LogP contribution in [0, 0.1) is 12.7 Å². The quantitative estimate of drug-likeness (QED) is 0.751. The Morgan fingerprint density at radius 2 is 1.96 bits per heavy atom. The van der Waals surface area contributed by atoms with Crippen LogP contribution in [0.15, 0.2) is 43.0 Å². The van der Waals surface area contributed by atoms with Gasteiger partial charge in [-0.1, -0.05) is 6.07 Å². The Hall–Kier alpha value is -3.29. The molecule has 0 unspecified atom stereocenters. The highest BCUT2D eigenvalue weighted by Gasteiger charge is 2.19. The number of imidazole rings is 1. The van der Waals surface area contributed by atoms with E-state index in [1.165, 1.54) is 18.6 Å². The first-order valence-corrected chi connectivity index (χ1v) is 9.30. The molecule has 1 amide bonds. The number of nitrogens with one attached hydrogen (secondary N) is 1. The molecule has 0 radical (unpaired) electrons. The molecular formula is C20H21FN6O. The maximum atomic E-state index is 13.6. The molecule has 8 heteroatoms. The molecule has 0 spiro atoms. The second kappa shape index (κ2) is 7.75. The molecule has 1 aliphatic rings. The molecule has 3 aromatic rings. The molecule has 1 fully saturated rings. The SMILES string of the molecule is Cc1ccc(F)cc1NC(=O)c1cc(N2CCCCC2)nc(-n2ccnc2)n1. The molecule has 2 aromatic heterocycles. The Balaban J connectivity index is 1.69. The van der Waals surface area contributed by atoms with E-state index < -0.39 is 11.7 Å². The van der Waals surface area contributed by atoms with Crippen LogP contribution < -0.4 is 10.2 Å². The lowest BCUT2D eigenvalue weighted by atomic mass is 10.1. The number of aromatic nitrogens is 4.